The Morgan fingerprint density at radius 2 is 1.05 bits per heavy atom. The number of esters is 2. The van der Waals surface area contributed by atoms with Crippen LogP contribution in [0.25, 0.3) is 0 Å². The number of carbonyl (C=O) groups excluding carboxylic acids is 2. The van der Waals surface area contributed by atoms with Gasteiger partial charge in [-0.2, -0.15) is 0 Å². The van der Waals surface area contributed by atoms with E-state index in [4.69, 9.17) is 23.6 Å². The lowest BCUT2D eigenvalue weighted by Gasteiger charge is -2.28. The number of aliphatic hydroxyl groups is 1. The van der Waals surface area contributed by atoms with E-state index in [1.807, 2.05) is 27.2 Å². The third-order valence-electron chi connectivity index (χ3n) is 9.06. The summed E-state index contributed by atoms with van der Waals surface area (Å²) >= 11 is 0. The zero-order chi connectivity index (χ0) is 42.1. The number of ether oxygens (including phenoxy) is 2. The highest BCUT2D eigenvalue weighted by atomic mass is 31.2. The predicted molar refractivity (Wildman–Crippen MR) is 233 cm³/mol. The molecule has 330 valence electrons. The molecule has 1 unspecified atom stereocenters. The molecule has 2 atom stereocenters. The molecule has 0 aliphatic rings. The number of allylic oxidation sites excluding steroid dienone is 10. The van der Waals surface area contributed by atoms with Crippen molar-refractivity contribution in [2.24, 2.45) is 0 Å². The fourth-order valence-electron chi connectivity index (χ4n) is 5.56. The fraction of sp³-hybridized carbons (Fsp3) is 0.739. The Balaban J connectivity index is 4.46. The Hall–Kier alpha value is -2.33. The van der Waals surface area contributed by atoms with E-state index in [1.165, 1.54) is 44.9 Å². The summed E-state index contributed by atoms with van der Waals surface area (Å²) in [5.41, 5.74) is 0. The smallest absolute Gasteiger partial charge is 0.306 e. The maximum atomic E-state index is 12.7. The first kappa shape index (κ1) is 54.7. The minimum Gasteiger partial charge on any atom is -0.756 e. The first-order chi connectivity index (χ1) is 27.5. The average Bonchev–Trinajstić information content (AvgIpc) is 3.16. The molecule has 0 fully saturated rings. The summed E-state index contributed by atoms with van der Waals surface area (Å²) in [6.45, 7) is 2.14. The van der Waals surface area contributed by atoms with Crippen molar-refractivity contribution in [3.8, 4) is 0 Å². The summed E-state index contributed by atoms with van der Waals surface area (Å²) in [7, 11) is 1.11. The Labute approximate surface area is 348 Å². The second-order valence-corrected chi connectivity index (χ2v) is 17.2. The lowest BCUT2D eigenvalue weighted by Crippen LogP contribution is -2.37. The fourth-order valence-corrected chi connectivity index (χ4v) is 6.29. The standard InChI is InChI=1S/C46H82NO9P/c1-5-6-7-8-9-10-11-12-16-20-23-26-29-32-35-38-46(50)56-44(43-55-57(51,52)54-41-39-47(2,3)4)42-53-45(49)37-34-31-28-25-22-19-17-14-13-15-18-21-24-27-30-33-36-40-48/h12-13,15-17,19,21,24-25,28,44,48H,5-11,14,18,20,22-23,26-27,29-43H2,1-4H3/b15-13-,16-12-,19-17-,24-21-,28-25-/t44-/m1/s1. The molecule has 0 radical (unpaired) electrons. The van der Waals surface area contributed by atoms with Crippen molar-refractivity contribution in [1.82, 2.24) is 0 Å². The van der Waals surface area contributed by atoms with Crippen LogP contribution in [0.5, 0.6) is 0 Å². The van der Waals surface area contributed by atoms with Gasteiger partial charge in [0.2, 0.25) is 0 Å². The van der Waals surface area contributed by atoms with Crippen LogP contribution in [0, 0.1) is 0 Å². The van der Waals surface area contributed by atoms with Gasteiger partial charge in [0.1, 0.15) is 19.8 Å². The van der Waals surface area contributed by atoms with Crippen LogP contribution in [0.3, 0.4) is 0 Å². The van der Waals surface area contributed by atoms with Crippen LogP contribution in [-0.4, -0.2) is 81.7 Å². The maximum absolute atomic E-state index is 12.7. The van der Waals surface area contributed by atoms with Gasteiger partial charge in [-0.3, -0.25) is 14.2 Å². The van der Waals surface area contributed by atoms with Gasteiger partial charge in [0.05, 0.1) is 27.7 Å². The number of hydrogen-bond acceptors (Lipinski definition) is 9. The number of quaternary nitrogens is 1. The van der Waals surface area contributed by atoms with E-state index in [9.17, 15) is 19.0 Å². The SMILES string of the molecule is CCCCCCCC/C=C\CCCCCCCC(=O)O[C@H](COC(=O)CCC/C=C\C/C=C\C/C=C\C/C=C\CCCCCO)COP(=O)([O-])OCC[N+](C)(C)C. The topological polar surface area (TPSA) is 131 Å². The molecule has 10 nitrogen and oxygen atoms in total. The van der Waals surface area contributed by atoms with Crippen LogP contribution >= 0.6 is 7.82 Å². The van der Waals surface area contributed by atoms with E-state index < -0.39 is 32.5 Å². The third kappa shape index (κ3) is 43.1. The summed E-state index contributed by atoms with van der Waals surface area (Å²) in [4.78, 5) is 37.5. The first-order valence-corrected chi connectivity index (χ1v) is 23.6. The van der Waals surface area contributed by atoms with Gasteiger partial charge >= 0.3 is 11.9 Å². The van der Waals surface area contributed by atoms with Crippen molar-refractivity contribution in [1.29, 1.82) is 0 Å². The minimum absolute atomic E-state index is 0.0477. The second-order valence-electron chi connectivity index (χ2n) is 15.8. The third-order valence-corrected chi connectivity index (χ3v) is 10.0. The van der Waals surface area contributed by atoms with Crippen molar-refractivity contribution in [2.45, 2.75) is 167 Å². The highest BCUT2D eigenvalue weighted by molar-refractivity contribution is 7.45. The maximum Gasteiger partial charge on any atom is 0.306 e. The molecule has 0 saturated carbocycles. The Morgan fingerprint density at radius 1 is 0.596 bits per heavy atom. The van der Waals surface area contributed by atoms with Crippen LogP contribution in [0.15, 0.2) is 60.8 Å². The number of unbranched alkanes of at least 4 members (excludes halogenated alkanes) is 15. The molecule has 0 aromatic carbocycles. The van der Waals surface area contributed by atoms with Crippen LogP contribution in [-0.2, 0) is 32.7 Å². The molecular formula is C46H82NO9P. The summed E-state index contributed by atoms with van der Waals surface area (Å²) in [5, 5.41) is 8.80. The molecular weight excluding hydrogens is 741 g/mol. The van der Waals surface area contributed by atoms with E-state index in [0.29, 0.717) is 23.9 Å². The molecule has 0 aromatic rings. The quantitative estimate of drug-likeness (QED) is 0.0211. The van der Waals surface area contributed by atoms with Gasteiger partial charge in [-0.25, -0.2) is 0 Å². The zero-order valence-corrected chi connectivity index (χ0v) is 37.4. The van der Waals surface area contributed by atoms with Crippen molar-refractivity contribution >= 4 is 19.8 Å². The largest absolute Gasteiger partial charge is 0.756 e. The number of rotatable bonds is 40. The molecule has 0 amide bonds. The van der Waals surface area contributed by atoms with Gasteiger partial charge in [0, 0.05) is 19.4 Å². The normalized spacial score (nSPS) is 14.1. The molecule has 0 bridgehead atoms. The molecule has 1 N–H and O–H groups in total. The van der Waals surface area contributed by atoms with Crippen molar-refractivity contribution in [3.05, 3.63) is 60.8 Å². The number of phosphoric acid groups is 1. The van der Waals surface area contributed by atoms with Crippen LogP contribution in [0.1, 0.15) is 161 Å². The monoisotopic (exact) mass is 824 g/mol. The first-order valence-electron chi connectivity index (χ1n) is 22.1. The number of carbonyl (C=O) groups is 2. The van der Waals surface area contributed by atoms with E-state index in [0.717, 1.165) is 83.5 Å². The van der Waals surface area contributed by atoms with Crippen LogP contribution < -0.4 is 4.89 Å². The van der Waals surface area contributed by atoms with Gasteiger partial charge in [-0.1, -0.05) is 125 Å². The minimum atomic E-state index is -4.65. The van der Waals surface area contributed by atoms with E-state index in [-0.39, 0.29) is 32.7 Å². The van der Waals surface area contributed by atoms with Gasteiger partial charge in [-0.05, 0) is 83.5 Å². The number of hydrogen-bond donors (Lipinski definition) is 1. The molecule has 0 heterocycles. The summed E-state index contributed by atoms with van der Waals surface area (Å²) in [6.07, 6.45) is 44.1. The molecule has 0 saturated heterocycles. The number of likely N-dealkylation sites (N-methyl/N-ethyl adjacent to an activating group) is 1. The van der Waals surface area contributed by atoms with Crippen molar-refractivity contribution in [3.63, 3.8) is 0 Å². The molecule has 0 aromatic heterocycles. The summed E-state index contributed by atoms with van der Waals surface area (Å²) in [5.74, 6) is -0.928. The van der Waals surface area contributed by atoms with Gasteiger partial charge in [-0.15, -0.1) is 0 Å². The predicted octanol–water partition coefficient (Wildman–Crippen LogP) is 10.8. The molecule has 0 rings (SSSR count). The molecule has 57 heavy (non-hydrogen) atoms. The highest BCUT2D eigenvalue weighted by Gasteiger charge is 2.21. The molecule has 0 aliphatic heterocycles. The van der Waals surface area contributed by atoms with Gasteiger partial charge < -0.3 is 33.0 Å². The van der Waals surface area contributed by atoms with E-state index in [1.54, 1.807) is 0 Å². The van der Waals surface area contributed by atoms with E-state index in [2.05, 4.69) is 61.6 Å². The number of phosphoric ester groups is 1. The lowest BCUT2D eigenvalue weighted by atomic mass is 10.1. The Kier molecular flexibility index (Phi) is 37.5. The van der Waals surface area contributed by atoms with E-state index >= 15 is 0 Å². The highest BCUT2D eigenvalue weighted by Crippen LogP contribution is 2.38. The number of aliphatic hydroxyl groups excluding tert-OH is 1. The van der Waals surface area contributed by atoms with Gasteiger partial charge in [0.15, 0.2) is 6.10 Å². The molecule has 0 aliphatic carbocycles. The van der Waals surface area contributed by atoms with Crippen LogP contribution in [0.4, 0.5) is 0 Å². The molecule has 11 heteroatoms. The summed E-state index contributed by atoms with van der Waals surface area (Å²) in [6, 6.07) is 0. The molecule has 0 spiro atoms. The zero-order valence-electron chi connectivity index (χ0n) is 36.5. The lowest BCUT2D eigenvalue weighted by molar-refractivity contribution is -0.870. The Morgan fingerprint density at radius 3 is 1.60 bits per heavy atom. The second kappa shape index (κ2) is 39.1. The summed E-state index contributed by atoms with van der Waals surface area (Å²) < 4.78 is 33.8. The van der Waals surface area contributed by atoms with Gasteiger partial charge in [0.25, 0.3) is 7.82 Å². The Bertz CT molecular complexity index is 1160. The van der Waals surface area contributed by atoms with Crippen molar-refractivity contribution < 1.29 is 47.2 Å². The van der Waals surface area contributed by atoms with Crippen molar-refractivity contribution in [2.75, 3.05) is 54.1 Å². The average molecular weight is 824 g/mol. The van der Waals surface area contributed by atoms with Crippen LogP contribution in [0.2, 0.25) is 0 Å². The number of nitrogens with zero attached hydrogens (tertiary/aromatic N) is 1.